The highest BCUT2D eigenvalue weighted by atomic mass is 19.2. The van der Waals surface area contributed by atoms with Crippen LogP contribution in [0.4, 0.5) is 8.78 Å². The van der Waals surface area contributed by atoms with Gasteiger partial charge in [0.25, 0.3) is 0 Å². The number of piperidine rings is 1. The van der Waals surface area contributed by atoms with Crippen molar-refractivity contribution in [1.82, 2.24) is 4.90 Å². The minimum Gasteiger partial charge on any atom is -0.490 e. The maximum Gasteiger partial charge on any atom is 0.227 e. The van der Waals surface area contributed by atoms with Gasteiger partial charge in [-0.3, -0.25) is 9.69 Å². The number of hydrogen-bond acceptors (Lipinski definition) is 4. The fourth-order valence-electron chi connectivity index (χ4n) is 3.49. The Morgan fingerprint density at radius 3 is 2.85 bits per heavy atom. The van der Waals surface area contributed by atoms with E-state index in [2.05, 4.69) is 4.90 Å². The second kappa shape index (κ2) is 8.45. The van der Waals surface area contributed by atoms with Gasteiger partial charge in [0.2, 0.25) is 11.2 Å². The molecule has 1 fully saturated rings. The predicted octanol–water partition coefficient (Wildman–Crippen LogP) is 3.77. The highest BCUT2D eigenvalue weighted by Gasteiger charge is 2.21. The van der Waals surface area contributed by atoms with Gasteiger partial charge in [0.05, 0.1) is 13.7 Å². The van der Waals surface area contributed by atoms with Crippen molar-refractivity contribution >= 4 is 0 Å². The van der Waals surface area contributed by atoms with E-state index in [0.29, 0.717) is 18.2 Å². The molecule has 1 saturated heterocycles. The Hall–Kier alpha value is -2.21. The fourth-order valence-corrected chi connectivity index (χ4v) is 3.49. The second-order valence-corrected chi connectivity index (χ2v) is 6.81. The Kier molecular flexibility index (Phi) is 6.04. The van der Waals surface area contributed by atoms with Crippen LogP contribution in [0.3, 0.4) is 0 Å². The van der Waals surface area contributed by atoms with E-state index in [4.69, 9.17) is 9.15 Å². The summed E-state index contributed by atoms with van der Waals surface area (Å²) >= 11 is 0. The third-order valence-electron chi connectivity index (χ3n) is 4.88. The van der Waals surface area contributed by atoms with Crippen molar-refractivity contribution in [3.63, 3.8) is 0 Å². The first-order valence-electron chi connectivity index (χ1n) is 8.87. The molecule has 0 radical (unpaired) electrons. The average Bonchev–Trinajstić information content (AvgIpc) is 2.63. The van der Waals surface area contributed by atoms with Crippen LogP contribution in [0.15, 0.2) is 39.7 Å². The average molecular weight is 363 g/mol. The molecule has 3 rings (SSSR count). The Bertz CT molecular complexity index is 806. The molecule has 6 heteroatoms. The standard InChI is InChI=1S/C20H23F2NO3/c1-25-20-13-26-16(10-19(20)24)12-23-8-2-3-15(11-23)5-4-14-6-7-17(21)18(22)9-14/h6-7,9-10,13,15H,2-5,8,11-12H2,1H3/t15-/m0/s1. The molecule has 140 valence electrons. The SMILES string of the molecule is COc1coc(CN2CCC[C@@H](CCc3ccc(F)c(F)c3)C2)cc1=O. The number of likely N-dealkylation sites (tertiary alicyclic amines) is 1. The molecule has 2 aromatic rings. The van der Waals surface area contributed by atoms with Crippen LogP contribution in [0.5, 0.6) is 5.75 Å². The zero-order valence-electron chi connectivity index (χ0n) is 14.8. The lowest BCUT2D eigenvalue weighted by Crippen LogP contribution is -2.35. The monoisotopic (exact) mass is 363 g/mol. The summed E-state index contributed by atoms with van der Waals surface area (Å²) in [6, 6.07) is 5.58. The normalized spacial score (nSPS) is 18.0. The van der Waals surface area contributed by atoms with Crippen molar-refractivity contribution in [3.05, 3.63) is 63.7 Å². The molecule has 1 aromatic heterocycles. The molecule has 0 spiro atoms. The zero-order chi connectivity index (χ0) is 18.5. The maximum atomic E-state index is 13.3. The Balaban J connectivity index is 1.54. The number of nitrogens with zero attached hydrogens (tertiary/aromatic N) is 1. The molecule has 1 aliphatic heterocycles. The lowest BCUT2D eigenvalue weighted by atomic mass is 9.91. The number of methoxy groups -OCH3 is 1. The van der Waals surface area contributed by atoms with Gasteiger partial charge in [-0.1, -0.05) is 6.07 Å². The number of rotatable bonds is 6. The van der Waals surface area contributed by atoms with Gasteiger partial charge in [-0.25, -0.2) is 8.78 Å². The van der Waals surface area contributed by atoms with E-state index in [0.717, 1.165) is 44.3 Å². The van der Waals surface area contributed by atoms with Crippen molar-refractivity contribution < 1.29 is 17.9 Å². The number of ether oxygens (including phenoxy) is 1. The van der Waals surface area contributed by atoms with E-state index in [1.165, 1.54) is 31.6 Å². The van der Waals surface area contributed by atoms with Crippen LogP contribution < -0.4 is 10.2 Å². The molecule has 2 heterocycles. The van der Waals surface area contributed by atoms with E-state index in [-0.39, 0.29) is 11.2 Å². The van der Waals surface area contributed by atoms with E-state index in [1.807, 2.05) is 0 Å². The van der Waals surface area contributed by atoms with Gasteiger partial charge in [0, 0.05) is 12.6 Å². The van der Waals surface area contributed by atoms with Gasteiger partial charge in [0.15, 0.2) is 11.6 Å². The van der Waals surface area contributed by atoms with Gasteiger partial charge in [-0.15, -0.1) is 0 Å². The van der Waals surface area contributed by atoms with Crippen LogP contribution >= 0.6 is 0 Å². The summed E-state index contributed by atoms with van der Waals surface area (Å²) in [7, 11) is 1.44. The van der Waals surface area contributed by atoms with E-state index >= 15 is 0 Å². The van der Waals surface area contributed by atoms with E-state index < -0.39 is 11.6 Å². The molecule has 4 nitrogen and oxygen atoms in total. The van der Waals surface area contributed by atoms with Gasteiger partial charge in [-0.2, -0.15) is 0 Å². The van der Waals surface area contributed by atoms with Crippen LogP contribution in [0, 0.1) is 17.6 Å². The Labute approximate surface area is 151 Å². The minimum atomic E-state index is -0.807. The number of halogens is 2. The summed E-state index contributed by atoms with van der Waals surface area (Å²) < 4.78 is 36.7. The predicted molar refractivity (Wildman–Crippen MR) is 94.2 cm³/mol. The molecule has 0 unspecified atom stereocenters. The third-order valence-corrected chi connectivity index (χ3v) is 4.88. The summed E-state index contributed by atoms with van der Waals surface area (Å²) in [5.74, 6) is -0.281. The summed E-state index contributed by atoms with van der Waals surface area (Å²) in [6.45, 7) is 2.44. The maximum absolute atomic E-state index is 13.3. The molecule has 0 aliphatic carbocycles. The molecule has 1 aromatic carbocycles. The van der Waals surface area contributed by atoms with Crippen LogP contribution in [-0.2, 0) is 13.0 Å². The minimum absolute atomic E-state index is 0.180. The molecule has 1 atom stereocenters. The van der Waals surface area contributed by atoms with E-state index in [9.17, 15) is 13.6 Å². The molecule has 1 aliphatic rings. The highest BCUT2D eigenvalue weighted by Crippen LogP contribution is 2.23. The first-order valence-corrected chi connectivity index (χ1v) is 8.87. The highest BCUT2D eigenvalue weighted by molar-refractivity contribution is 5.18. The third kappa shape index (κ3) is 4.69. The fraction of sp³-hybridized carbons (Fsp3) is 0.450. The first kappa shape index (κ1) is 18.6. The van der Waals surface area contributed by atoms with Crippen molar-refractivity contribution in [1.29, 1.82) is 0 Å². The number of hydrogen-bond donors (Lipinski definition) is 0. The largest absolute Gasteiger partial charge is 0.490 e. The van der Waals surface area contributed by atoms with Crippen molar-refractivity contribution in [2.75, 3.05) is 20.2 Å². The van der Waals surface area contributed by atoms with Crippen LogP contribution in [-0.4, -0.2) is 25.1 Å². The van der Waals surface area contributed by atoms with Gasteiger partial charge in [0.1, 0.15) is 12.0 Å². The van der Waals surface area contributed by atoms with Crippen LogP contribution in [0.2, 0.25) is 0 Å². The molecule has 0 N–H and O–H groups in total. The van der Waals surface area contributed by atoms with Crippen LogP contribution in [0.25, 0.3) is 0 Å². The smallest absolute Gasteiger partial charge is 0.227 e. The topological polar surface area (TPSA) is 42.7 Å². The quantitative estimate of drug-likeness (QED) is 0.784. The lowest BCUT2D eigenvalue weighted by Gasteiger charge is -2.32. The van der Waals surface area contributed by atoms with Gasteiger partial charge >= 0.3 is 0 Å². The zero-order valence-corrected chi connectivity index (χ0v) is 14.8. The molecule has 0 bridgehead atoms. The summed E-state index contributed by atoms with van der Waals surface area (Å²) in [6.07, 6.45) is 5.19. The summed E-state index contributed by atoms with van der Waals surface area (Å²) in [5, 5.41) is 0. The summed E-state index contributed by atoms with van der Waals surface area (Å²) in [5.41, 5.74) is 0.642. The molecule has 0 saturated carbocycles. The van der Waals surface area contributed by atoms with E-state index in [1.54, 1.807) is 6.07 Å². The van der Waals surface area contributed by atoms with Crippen molar-refractivity contribution in [2.45, 2.75) is 32.2 Å². The first-order chi connectivity index (χ1) is 12.5. The molecule has 26 heavy (non-hydrogen) atoms. The van der Waals surface area contributed by atoms with Crippen LogP contribution in [0.1, 0.15) is 30.6 Å². The van der Waals surface area contributed by atoms with Gasteiger partial charge < -0.3 is 9.15 Å². The Morgan fingerprint density at radius 1 is 1.27 bits per heavy atom. The number of aryl methyl sites for hydroxylation is 1. The second-order valence-electron chi connectivity index (χ2n) is 6.81. The molecule has 0 amide bonds. The lowest BCUT2D eigenvalue weighted by molar-refractivity contribution is 0.150. The Morgan fingerprint density at radius 2 is 2.12 bits per heavy atom. The molecular weight excluding hydrogens is 340 g/mol. The summed E-state index contributed by atoms with van der Waals surface area (Å²) in [4.78, 5) is 14.1. The van der Waals surface area contributed by atoms with Crippen molar-refractivity contribution in [2.24, 2.45) is 5.92 Å². The van der Waals surface area contributed by atoms with Gasteiger partial charge in [-0.05, 0) is 55.8 Å². The van der Waals surface area contributed by atoms with Crippen molar-refractivity contribution in [3.8, 4) is 5.75 Å². The molecular formula is C20H23F2NO3. The number of benzene rings is 1.